The molecule has 168 valence electrons. The maximum absolute atomic E-state index is 13.5. The maximum atomic E-state index is 13.5. The van der Waals surface area contributed by atoms with E-state index in [0.29, 0.717) is 30.9 Å². The van der Waals surface area contributed by atoms with Gasteiger partial charge in [-0.1, -0.05) is 42.5 Å². The van der Waals surface area contributed by atoms with Crippen molar-refractivity contribution in [1.29, 1.82) is 0 Å². The van der Waals surface area contributed by atoms with E-state index in [9.17, 15) is 9.59 Å². The quantitative estimate of drug-likeness (QED) is 0.574. The fraction of sp³-hybridized carbons (Fsp3) is 0.308. The summed E-state index contributed by atoms with van der Waals surface area (Å²) in [6.07, 6.45) is 6.22. The van der Waals surface area contributed by atoms with Crippen molar-refractivity contribution < 1.29 is 19.1 Å². The van der Waals surface area contributed by atoms with Gasteiger partial charge < -0.3 is 24.7 Å². The fourth-order valence-corrected chi connectivity index (χ4v) is 5.63. The molecule has 0 aliphatic carbocycles. The van der Waals surface area contributed by atoms with Gasteiger partial charge in [0.25, 0.3) is 0 Å². The summed E-state index contributed by atoms with van der Waals surface area (Å²) in [6.45, 7) is 0.876. The summed E-state index contributed by atoms with van der Waals surface area (Å²) in [7, 11) is 1.59. The summed E-state index contributed by atoms with van der Waals surface area (Å²) in [6, 6.07) is 15.6. The molecule has 3 aliphatic rings. The molecule has 2 aromatic carbocycles. The Balaban J connectivity index is 1.19. The van der Waals surface area contributed by atoms with Crippen molar-refractivity contribution in [2.45, 2.75) is 18.1 Å². The number of amides is 2. The highest BCUT2D eigenvalue weighted by atomic mass is 16.5. The van der Waals surface area contributed by atoms with Crippen molar-refractivity contribution in [3.05, 3.63) is 72.4 Å². The Bertz CT molecular complexity index is 1280. The van der Waals surface area contributed by atoms with Gasteiger partial charge in [-0.05, 0) is 30.2 Å². The van der Waals surface area contributed by atoms with E-state index in [2.05, 4.69) is 16.4 Å². The Morgan fingerprint density at radius 1 is 1.24 bits per heavy atom. The number of nitrogens with zero attached hydrogens (tertiary/aromatic N) is 1. The van der Waals surface area contributed by atoms with E-state index in [1.54, 1.807) is 12.0 Å². The molecule has 3 aromatic rings. The molecule has 2 bridgehead atoms. The van der Waals surface area contributed by atoms with E-state index in [1.807, 2.05) is 60.8 Å². The molecule has 2 saturated heterocycles. The number of ether oxygens (including phenoxy) is 2. The molecule has 3 aliphatic heterocycles. The first-order valence-electron chi connectivity index (χ1n) is 11.3. The van der Waals surface area contributed by atoms with Crippen molar-refractivity contribution in [3.63, 3.8) is 0 Å². The molecule has 4 heterocycles. The number of H-pyrrole nitrogens is 1. The SMILES string of the molecule is COc1ccccc1N1C[C@@]23C=C[C@H](O2)[C@H](C(=O)NCCc2c[nH]c4ccccc24)[C@H]3C1=O. The second-order valence-electron chi connectivity index (χ2n) is 8.90. The van der Waals surface area contributed by atoms with Crippen LogP contribution in [0.5, 0.6) is 5.75 Å². The minimum absolute atomic E-state index is 0.0943. The molecule has 1 aromatic heterocycles. The number of aromatic nitrogens is 1. The van der Waals surface area contributed by atoms with E-state index in [-0.39, 0.29) is 17.9 Å². The van der Waals surface area contributed by atoms with Crippen LogP contribution in [0, 0.1) is 11.8 Å². The van der Waals surface area contributed by atoms with Gasteiger partial charge >= 0.3 is 0 Å². The summed E-state index contributed by atoms with van der Waals surface area (Å²) < 4.78 is 11.7. The number of hydrogen-bond donors (Lipinski definition) is 2. The highest BCUT2D eigenvalue weighted by Gasteiger charge is 2.67. The average molecular weight is 444 g/mol. The molecule has 7 nitrogen and oxygen atoms in total. The summed E-state index contributed by atoms with van der Waals surface area (Å²) in [5.41, 5.74) is 2.18. The zero-order valence-corrected chi connectivity index (χ0v) is 18.3. The van der Waals surface area contributed by atoms with E-state index in [4.69, 9.17) is 9.47 Å². The number of carbonyl (C=O) groups is 2. The monoisotopic (exact) mass is 443 g/mol. The highest BCUT2D eigenvalue weighted by molar-refractivity contribution is 6.04. The van der Waals surface area contributed by atoms with Crippen LogP contribution in [-0.4, -0.2) is 48.7 Å². The Morgan fingerprint density at radius 2 is 2.06 bits per heavy atom. The van der Waals surface area contributed by atoms with Crippen LogP contribution in [0.2, 0.25) is 0 Å². The minimum atomic E-state index is -0.762. The van der Waals surface area contributed by atoms with Crippen molar-refractivity contribution in [2.75, 3.05) is 25.1 Å². The van der Waals surface area contributed by atoms with Crippen LogP contribution in [0.3, 0.4) is 0 Å². The van der Waals surface area contributed by atoms with Crippen LogP contribution in [-0.2, 0) is 20.7 Å². The first-order valence-corrected chi connectivity index (χ1v) is 11.3. The summed E-state index contributed by atoms with van der Waals surface area (Å²) >= 11 is 0. The maximum Gasteiger partial charge on any atom is 0.234 e. The first-order chi connectivity index (χ1) is 16.1. The van der Waals surface area contributed by atoms with Crippen LogP contribution in [0.4, 0.5) is 5.69 Å². The number of fused-ring (bicyclic) bond motifs is 2. The predicted octanol–water partition coefficient (Wildman–Crippen LogP) is 2.82. The summed E-state index contributed by atoms with van der Waals surface area (Å²) in [5.74, 6) is -0.675. The predicted molar refractivity (Wildman–Crippen MR) is 124 cm³/mol. The van der Waals surface area contributed by atoms with Gasteiger partial charge in [0.2, 0.25) is 11.8 Å². The van der Waals surface area contributed by atoms with Crippen LogP contribution < -0.4 is 15.0 Å². The number of hydrogen-bond acceptors (Lipinski definition) is 4. The largest absolute Gasteiger partial charge is 0.495 e. The number of para-hydroxylation sites is 3. The Kier molecular flexibility index (Phi) is 4.55. The number of carbonyl (C=O) groups excluding carboxylic acids is 2. The molecule has 4 atom stereocenters. The van der Waals surface area contributed by atoms with Crippen molar-refractivity contribution in [2.24, 2.45) is 11.8 Å². The number of aromatic amines is 1. The van der Waals surface area contributed by atoms with E-state index in [0.717, 1.165) is 16.5 Å². The van der Waals surface area contributed by atoms with Crippen molar-refractivity contribution in [3.8, 4) is 5.75 Å². The standard InChI is InChI=1S/C26H25N3O4/c1-32-20-9-5-4-8-19(20)29-15-26-12-10-21(33-26)22(23(26)25(29)31)24(30)27-13-11-16-14-28-18-7-3-2-6-17(16)18/h2-10,12,14,21-23,28H,11,13,15H2,1H3,(H,27,30)/t21-,22-,23-,26+/m0/s1. The summed E-state index contributed by atoms with van der Waals surface area (Å²) in [4.78, 5) is 31.7. The second-order valence-corrected chi connectivity index (χ2v) is 8.90. The zero-order valence-electron chi connectivity index (χ0n) is 18.3. The van der Waals surface area contributed by atoms with Gasteiger partial charge in [-0.2, -0.15) is 0 Å². The van der Waals surface area contributed by atoms with Crippen LogP contribution in [0.15, 0.2) is 66.9 Å². The van der Waals surface area contributed by atoms with Gasteiger partial charge in [0.15, 0.2) is 0 Å². The Labute approximate surface area is 191 Å². The van der Waals surface area contributed by atoms with Crippen molar-refractivity contribution in [1.82, 2.24) is 10.3 Å². The number of anilines is 1. The van der Waals surface area contributed by atoms with Gasteiger partial charge in [0.05, 0.1) is 37.3 Å². The van der Waals surface area contributed by atoms with Gasteiger partial charge in [0, 0.05) is 23.6 Å². The molecule has 0 radical (unpaired) electrons. The van der Waals surface area contributed by atoms with E-state index < -0.39 is 17.4 Å². The lowest BCUT2D eigenvalue weighted by atomic mass is 9.77. The molecule has 33 heavy (non-hydrogen) atoms. The number of methoxy groups -OCH3 is 1. The number of rotatable bonds is 6. The third-order valence-corrected chi connectivity index (χ3v) is 7.15. The molecule has 1 spiro atoms. The van der Waals surface area contributed by atoms with Crippen LogP contribution >= 0.6 is 0 Å². The highest BCUT2D eigenvalue weighted by Crippen LogP contribution is 2.53. The third kappa shape index (κ3) is 2.99. The molecule has 7 heteroatoms. The van der Waals surface area contributed by atoms with Gasteiger partial charge in [-0.25, -0.2) is 0 Å². The van der Waals surface area contributed by atoms with Gasteiger partial charge in [-0.3, -0.25) is 9.59 Å². The molecular formula is C26H25N3O4. The zero-order chi connectivity index (χ0) is 22.6. The van der Waals surface area contributed by atoms with Gasteiger partial charge in [-0.15, -0.1) is 0 Å². The molecular weight excluding hydrogens is 418 g/mol. The topological polar surface area (TPSA) is 83.7 Å². The smallest absolute Gasteiger partial charge is 0.234 e. The number of nitrogens with one attached hydrogen (secondary N) is 2. The van der Waals surface area contributed by atoms with Crippen LogP contribution in [0.1, 0.15) is 5.56 Å². The minimum Gasteiger partial charge on any atom is -0.495 e. The van der Waals surface area contributed by atoms with Gasteiger partial charge in [0.1, 0.15) is 11.4 Å². The van der Waals surface area contributed by atoms with Crippen molar-refractivity contribution >= 4 is 28.4 Å². The molecule has 0 unspecified atom stereocenters. The van der Waals surface area contributed by atoms with Crippen LogP contribution in [0.25, 0.3) is 10.9 Å². The Hall–Kier alpha value is -3.58. The fourth-order valence-electron chi connectivity index (χ4n) is 5.63. The lowest BCUT2D eigenvalue weighted by molar-refractivity contribution is -0.131. The Morgan fingerprint density at radius 3 is 2.94 bits per heavy atom. The van der Waals surface area contributed by atoms with E-state index in [1.165, 1.54) is 0 Å². The molecule has 6 rings (SSSR count). The number of benzene rings is 2. The van der Waals surface area contributed by atoms with E-state index >= 15 is 0 Å². The summed E-state index contributed by atoms with van der Waals surface area (Å²) in [5, 5.41) is 4.22. The molecule has 2 amide bonds. The normalized spacial score (nSPS) is 27.4. The lowest BCUT2D eigenvalue weighted by Crippen LogP contribution is -2.44. The second kappa shape index (κ2) is 7.49. The lowest BCUT2D eigenvalue weighted by Gasteiger charge is -2.23. The average Bonchev–Trinajstić information content (AvgIpc) is 3.59. The first kappa shape index (κ1) is 20.1. The third-order valence-electron chi connectivity index (χ3n) is 7.15. The molecule has 2 fully saturated rings. The molecule has 2 N–H and O–H groups in total. The molecule has 0 saturated carbocycles.